The Morgan fingerprint density at radius 2 is 2.07 bits per heavy atom. The Morgan fingerprint density at radius 1 is 1.43 bits per heavy atom. The molecule has 0 aliphatic carbocycles. The molecule has 4 heteroatoms. The van der Waals surface area contributed by atoms with E-state index in [-0.39, 0.29) is 11.9 Å². The molecule has 0 aliphatic heterocycles. The summed E-state index contributed by atoms with van der Waals surface area (Å²) in [5, 5.41) is 0. The van der Waals surface area contributed by atoms with Crippen molar-refractivity contribution in [3.8, 4) is 5.75 Å². The summed E-state index contributed by atoms with van der Waals surface area (Å²) in [5.41, 5.74) is 0. The van der Waals surface area contributed by atoms with Crippen molar-refractivity contribution >= 4 is 27.7 Å². The SMILES string of the molecule is CSc1ccc(Br)c(OC(C)C)c1F. The van der Waals surface area contributed by atoms with Crippen molar-refractivity contribution in [1.29, 1.82) is 0 Å². The lowest BCUT2D eigenvalue weighted by molar-refractivity contribution is 0.228. The fraction of sp³-hybridized carbons (Fsp3) is 0.400. The second-order valence-electron chi connectivity index (χ2n) is 3.06. The third-order valence-electron chi connectivity index (χ3n) is 1.59. The average molecular weight is 279 g/mol. The van der Waals surface area contributed by atoms with Crippen LogP contribution in [-0.4, -0.2) is 12.4 Å². The molecule has 14 heavy (non-hydrogen) atoms. The maximum absolute atomic E-state index is 13.7. The fourth-order valence-corrected chi connectivity index (χ4v) is 1.89. The maximum atomic E-state index is 13.7. The number of hydrogen-bond acceptors (Lipinski definition) is 2. The predicted octanol–water partition coefficient (Wildman–Crippen LogP) is 4.10. The van der Waals surface area contributed by atoms with Crippen molar-refractivity contribution < 1.29 is 9.13 Å². The summed E-state index contributed by atoms with van der Waals surface area (Å²) >= 11 is 4.63. The first-order chi connectivity index (χ1) is 6.56. The molecule has 0 aliphatic rings. The van der Waals surface area contributed by atoms with Gasteiger partial charge in [0.05, 0.1) is 10.6 Å². The van der Waals surface area contributed by atoms with Crippen molar-refractivity contribution in [3.05, 3.63) is 22.4 Å². The third kappa shape index (κ3) is 2.64. The quantitative estimate of drug-likeness (QED) is 0.770. The maximum Gasteiger partial charge on any atom is 0.179 e. The van der Waals surface area contributed by atoms with Gasteiger partial charge in [0.25, 0.3) is 0 Å². The number of hydrogen-bond donors (Lipinski definition) is 0. The molecule has 1 rings (SSSR count). The number of halogens is 2. The predicted molar refractivity (Wildman–Crippen MR) is 61.6 cm³/mol. The van der Waals surface area contributed by atoms with Crippen LogP contribution in [0.15, 0.2) is 21.5 Å². The number of rotatable bonds is 3. The summed E-state index contributed by atoms with van der Waals surface area (Å²) < 4.78 is 19.8. The molecule has 0 fully saturated rings. The lowest BCUT2D eigenvalue weighted by atomic mass is 10.3. The van der Waals surface area contributed by atoms with Crippen LogP contribution in [-0.2, 0) is 0 Å². The molecule has 1 aromatic rings. The zero-order chi connectivity index (χ0) is 10.7. The van der Waals surface area contributed by atoms with Gasteiger partial charge in [0.2, 0.25) is 0 Å². The first-order valence-electron chi connectivity index (χ1n) is 4.25. The Labute approximate surface area is 96.2 Å². The Hall–Kier alpha value is -0.220. The van der Waals surface area contributed by atoms with Gasteiger partial charge < -0.3 is 4.74 Å². The summed E-state index contributed by atoms with van der Waals surface area (Å²) in [6.45, 7) is 3.75. The normalized spacial score (nSPS) is 10.7. The lowest BCUT2D eigenvalue weighted by Crippen LogP contribution is -2.07. The monoisotopic (exact) mass is 278 g/mol. The second kappa shape index (κ2) is 5.03. The van der Waals surface area contributed by atoms with E-state index < -0.39 is 0 Å². The van der Waals surface area contributed by atoms with Crippen LogP contribution in [0.1, 0.15) is 13.8 Å². The molecule has 0 heterocycles. The van der Waals surface area contributed by atoms with E-state index in [0.29, 0.717) is 15.1 Å². The first-order valence-corrected chi connectivity index (χ1v) is 6.26. The van der Waals surface area contributed by atoms with Crippen LogP contribution in [0.2, 0.25) is 0 Å². The van der Waals surface area contributed by atoms with E-state index in [0.717, 1.165) is 0 Å². The average Bonchev–Trinajstić information content (AvgIpc) is 2.12. The van der Waals surface area contributed by atoms with E-state index in [2.05, 4.69) is 15.9 Å². The Morgan fingerprint density at radius 3 is 2.57 bits per heavy atom. The van der Waals surface area contributed by atoms with E-state index in [9.17, 15) is 4.39 Å². The number of thioether (sulfide) groups is 1. The molecule has 0 N–H and O–H groups in total. The van der Waals surface area contributed by atoms with E-state index in [1.807, 2.05) is 20.1 Å². The molecule has 0 unspecified atom stereocenters. The summed E-state index contributed by atoms with van der Waals surface area (Å²) in [7, 11) is 0. The van der Waals surface area contributed by atoms with E-state index in [1.54, 1.807) is 12.1 Å². The largest absolute Gasteiger partial charge is 0.487 e. The van der Waals surface area contributed by atoms with Crippen molar-refractivity contribution in [1.82, 2.24) is 0 Å². The van der Waals surface area contributed by atoms with E-state index >= 15 is 0 Å². The first kappa shape index (κ1) is 11.9. The molecule has 0 saturated heterocycles. The zero-order valence-electron chi connectivity index (χ0n) is 8.30. The number of ether oxygens (including phenoxy) is 1. The molecule has 0 saturated carbocycles. The molecule has 1 nitrogen and oxygen atoms in total. The molecule has 0 amide bonds. The Bertz CT molecular complexity index is 328. The molecular formula is C10H12BrFOS. The summed E-state index contributed by atoms with van der Waals surface area (Å²) in [5.74, 6) is 0.00688. The Kier molecular flexibility index (Phi) is 4.26. The van der Waals surface area contributed by atoms with Crippen molar-refractivity contribution in [3.63, 3.8) is 0 Å². The van der Waals surface area contributed by atoms with E-state index in [4.69, 9.17) is 4.74 Å². The van der Waals surface area contributed by atoms with E-state index in [1.165, 1.54) is 11.8 Å². The summed E-state index contributed by atoms with van der Waals surface area (Å²) in [6.07, 6.45) is 1.81. The Balaban J connectivity index is 3.11. The minimum Gasteiger partial charge on any atom is -0.487 e. The molecule has 0 bridgehead atoms. The molecule has 0 spiro atoms. The third-order valence-corrected chi connectivity index (χ3v) is 2.97. The lowest BCUT2D eigenvalue weighted by Gasteiger charge is -2.13. The molecule has 1 aromatic carbocycles. The van der Waals surface area contributed by atoms with Crippen LogP contribution in [0.25, 0.3) is 0 Å². The van der Waals surface area contributed by atoms with Gasteiger partial charge in [0.15, 0.2) is 11.6 Å². The van der Waals surface area contributed by atoms with Gasteiger partial charge in [-0.25, -0.2) is 4.39 Å². The minimum absolute atomic E-state index is 0.0297. The highest BCUT2D eigenvalue weighted by Gasteiger charge is 2.13. The van der Waals surface area contributed by atoms with Crippen LogP contribution in [0.4, 0.5) is 4.39 Å². The highest BCUT2D eigenvalue weighted by Crippen LogP contribution is 2.34. The van der Waals surface area contributed by atoms with Gasteiger partial charge in [-0.3, -0.25) is 0 Å². The standard InChI is InChI=1S/C10H12BrFOS/c1-6(2)13-10-7(11)4-5-8(14-3)9(10)12/h4-6H,1-3H3. The van der Waals surface area contributed by atoms with Gasteiger partial charge in [-0.2, -0.15) is 0 Å². The van der Waals surface area contributed by atoms with Crippen LogP contribution in [0.3, 0.4) is 0 Å². The van der Waals surface area contributed by atoms with Gasteiger partial charge in [-0.1, -0.05) is 0 Å². The van der Waals surface area contributed by atoms with Crippen molar-refractivity contribution in [2.45, 2.75) is 24.8 Å². The van der Waals surface area contributed by atoms with Crippen molar-refractivity contribution in [2.75, 3.05) is 6.26 Å². The van der Waals surface area contributed by atoms with Gasteiger partial charge in [-0.05, 0) is 48.2 Å². The molecule has 78 valence electrons. The molecular weight excluding hydrogens is 267 g/mol. The van der Waals surface area contributed by atoms with Gasteiger partial charge in [0, 0.05) is 4.90 Å². The molecule has 0 radical (unpaired) electrons. The van der Waals surface area contributed by atoms with Crippen LogP contribution in [0, 0.1) is 5.82 Å². The summed E-state index contributed by atoms with van der Waals surface area (Å²) in [4.78, 5) is 0.601. The van der Waals surface area contributed by atoms with Gasteiger partial charge in [0.1, 0.15) is 0 Å². The second-order valence-corrected chi connectivity index (χ2v) is 4.76. The number of benzene rings is 1. The minimum atomic E-state index is -0.291. The zero-order valence-corrected chi connectivity index (χ0v) is 10.7. The van der Waals surface area contributed by atoms with Crippen molar-refractivity contribution in [2.24, 2.45) is 0 Å². The topological polar surface area (TPSA) is 9.23 Å². The van der Waals surface area contributed by atoms with Crippen LogP contribution >= 0.6 is 27.7 Å². The molecule has 0 atom stereocenters. The molecule has 0 aromatic heterocycles. The van der Waals surface area contributed by atoms with Gasteiger partial charge >= 0.3 is 0 Å². The summed E-state index contributed by atoms with van der Waals surface area (Å²) in [6, 6.07) is 3.53. The van der Waals surface area contributed by atoms with Crippen LogP contribution < -0.4 is 4.74 Å². The van der Waals surface area contributed by atoms with Crippen LogP contribution in [0.5, 0.6) is 5.75 Å². The van der Waals surface area contributed by atoms with Gasteiger partial charge in [-0.15, -0.1) is 11.8 Å². The fourth-order valence-electron chi connectivity index (χ4n) is 1.02. The smallest absolute Gasteiger partial charge is 0.179 e. The highest BCUT2D eigenvalue weighted by molar-refractivity contribution is 9.10. The highest BCUT2D eigenvalue weighted by atomic mass is 79.9.